The highest BCUT2D eigenvalue weighted by molar-refractivity contribution is 7.95. The summed E-state index contributed by atoms with van der Waals surface area (Å²) in [5.41, 5.74) is 2.48. The van der Waals surface area contributed by atoms with Gasteiger partial charge in [0.05, 0.1) is 4.90 Å². The highest BCUT2D eigenvalue weighted by Gasteiger charge is 2.15. The standard InChI is InChI=1S/C18H24O2S/c1-15(2)9-8-10-16(3)13-14-17(4)21(19,20)18-11-6-5-7-12-18/h5-7,9,11-14H,8,10H2,1-4H3/b16-13+,17-14+. The minimum Gasteiger partial charge on any atom is -0.219 e. The van der Waals surface area contributed by atoms with Crippen LogP contribution in [0.5, 0.6) is 0 Å². The third-order valence-corrected chi connectivity index (χ3v) is 5.05. The van der Waals surface area contributed by atoms with E-state index in [2.05, 4.69) is 19.9 Å². The molecule has 0 saturated carbocycles. The highest BCUT2D eigenvalue weighted by Crippen LogP contribution is 2.19. The fourth-order valence-electron chi connectivity index (χ4n) is 1.81. The molecular weight excluding hydrogens is 280 g/mol. The van der Waals surface area contributed by atoms with E-state index in [1.54, 1.807) is 37.3 Å². The van der Waals surface area contributed by atoms with Gasteiger partial charge in [0, 0.05) is 4.91 Å². The predicted octanol–water partition coefficient (Wildman–Crippen LogP) is 5.06. The lowest BCUT2D eigenvalue weighted by Gasteiger charge is -2.04. The summed E-state index contributed by atoms with van der Waals surface area (Å²) < 4.78 is 24.7. The van der Waals surface area contributed by atoms with E-state index in [0.29, 0.717) is 9.80 Å². The summed E-state index contributed by atoms with van der Waals surface area (Å²) in [6.07, 6.45) is 7.72. The molecule has 0 N–H and O–H groups in total. The zero-order valence-corrected chi connectivity index (χ0v) is 14.1. The van der Waals surface area contributed by atoms with Crippen LogP contribution in [0.3, 0.4) is 0 Å². The van der Waals surface area contributed by atoms with Crippen molar-refractivity contribution in [2.24, 2.45) is 0 Å². The normalized spacial score (nSPS) is 13.1. The fraction of sp³-hybridized carbons (Fsp3) is 0.333. The average molecular weight is 304 g/mol. The number of rotatable bonds is 6. The summed E-state index contributed by atoms with van der Waals surface area (Å²) in [5.74, 6) is 0. The van der Waals surface area contributed by atoms with Gasteiger partial charge in [-0.25, -0.2) is 8.42 Å². The Morgan fingerprint density at radius 1 is 1.00 bits per heavy atom. The molecule has 0 heterocycles. The van der Waals surface area contributed by atoms with E-state index in [9.17, 15) is 8.42 Å². The molecule has 0 atom stereocenters. The lowest BCUT2D eigenvalue weighted by molar-refractivity contribution is 0.602. The molecule has 0 bridgehead atoms. The van der Waals surface area contributed by atoms with E-state index in [1.807, 2.05) is 19.1 Å². The molecule has 3 heteroatoms. The van der Waals surface area contributed by atoms with Crippen molar-refractivity contribution in [3.8, 4) is 0 Å². The summed E-state index contributed by atoms with van der Waals surface area (Å²) in [6, 6.07) is 8.53. The summed E-state index contributed by atoms with van der Waals surface area (Å²) >= 11 is 0. The number of hydrogen-bond acceptors (Lipinski definition) is 2. The highest BCUT2D eigenvalue weighted by atomic mass is 32.2. The Bertz CT molecular complexity index is 644. The van der Waals surface area contributed by atoms with Gasteiger partial charge in [-0.3, -0.25) is 0 Å². The lowest BCUT2D eigenvalue weighted by Crippen LogP contribution is -2.01. The zero-order valence-electron chi connectivity index (χ0n) is 13.3. The van der Waals surface area contributed by atoms with E-state index in [1.165, 1.54) is 11.1 Å². The van der Waals surface area contributed by atoms with Crippen LogP contribution >= 0.6 is 0 Å². The first-order chi connectivity index (χ1) is 9.84. The van der Waals surface area contributed by atoms with Gasteiger partial charge in [-0.05, 0) is 58.7 Å². The molecule has 1 aromatic carbocycles. The molecule has 0 fully saturated rings. The van der Waals surface area contributed by atoms with Crippen molar-refractivity contribution in [3.63, 3.8) is 0 Å². The van der Waals surface area contributed by atoms with Crippen molar-refractivity contribution < 1.29 is 8.42 Å². The monoisotopic (exact) mass is 304 g/mol. The Hall–Kier alpha value is -1.61. The largest absolute Gasteiger partial charge is 0.219 e. The molecule has 114 valence electrons. The van der Waals surface area contributed by atoms with Gasteiger partial charge < -0.3 is 0 Å². The summed E-state index contributed by atoms with van der Waals surface area (Å²) in [4.78, 5) is 0.713. The molecule has 0 aliphatic rings. The summed E-state index contributed by atoms with van der Waals surface area (Å²) in [7, 11) is -3.36. The van der Waals surface area contributed by atoms with Gasteiger partial charge in [-0.1, -0.05) is 41.5 Å². The predicted molar refractivity (Wildman–Crippen MR) is 89.8 cm³/mol. The van der Waals surface area contributed by atoms with Gasteiger partial charge in [-0.2, -0.15) is 0 Å². The third kappa shape index (κ3) is 5.72. The Morgan fingerprint density at radius 3 is 2.19 bits per heavy atom. The fourth-order valence-corrected chi connectivity index (χ4v) is 2.94. The van der Waals surface area contributed by atoms with Crippen molar-refractivity contribution in [3.05, 3.63) is 64.6 Å². The average Bonchev–Trinajstić information content (AvgIpc) is 2.45. The quantitative estimate of drug-likeness (QED) is 0.544. The van der Waals surface area contributed by atoms with E-state index in [-0.39, 0.29) is 0 Å². The molecule has 21 heavy (non-hydrogen) atoms. The first-order valence-corrected chi connectivity index (χ1v) is 8.60. The number of allylic oxidation sites excluding steroid dienone is 6. The Kier molecular flexibility index (Phi) is 6.63. The van der Waals surface area contributed by atoms with E-state index < -0.39 is 9.84 Å². The second kappa shape index (κ2) is 7.99. The van der Waals surface area contributed by atoms with Gasteiger partial charge in [-0.15, -0.1) is 0 Å². The smallest absolute Gasteiger partial charge is 0.202 e. The Morgan fingerprint density at radius 2 is 1.62 bits per heavy atom. The van der Waals surface area contributed by atoms with Crippen LogP contribution < -0.4 is 0 Å². The van der Waals surface area contributed by atoms with Crippen molar-refractivity contribution in [2.75, 3.05) is 0 Å². The number of hydrogen-bond donors (Lipinski definition) is 0. The second-order valence-corrected chi connectivity index (χ2v) is 7.55. The molecular formula is C18H24O2S. The minimum atomic E-state index is -3.36. The maximum Gasteiger partial charge on any atom is 0.202 e. The van der Waals surface area contributed by atoms with Gasteiger partial charge in [0.25, 0.3) is 0 Å². The van der Waals surface area contributed by atoms with Crippen LogP contribution in [0.2, 0.25) is 0 Å². The first-order valence-electron chi connectivity index (χ1n) is 7.11. The molecule has 0 spiro atoms. The zero-order chi connectivity index (χ0) is 15.9. The molecule has 0 amide bonds. The van der Waals surface area contributed by atoms with Crippen LogP contribution in [0.1, 0.15) is 40.5 Å². The second-order valence-electron chi connectivity index (χ2n) is 5.43. The maximum absolute atomic E-state index is 12.3. The van der Waals surface area contributed by atoms with Crippen LogP contribution in [0, 0.1) is 0 Å². The third-order valence-electron chi connectivity index (χ3n) is 3.17. The Balaban J connectivity index is 2.83. The summed E-state index contributed by atoms with van der Waals surface area (Å²) in [5, 5.41) is 0. The molecule has 0 aliphatic heterocycles. The molecule has 2 nitrogen and oxygen atoms in total. The van der Waals surface area contributed by atoms with Gasteiger partial charge in [0.2, 0.25) is 9.84 Å². The van der Waals surface area contributed by atoms with Gasteiger partial charge >= 0.3 is 0 Å². The maximum atomic E-state index is 12.3. The lowest BCUT2D eigenvalue weighted by atomic mass is 10.1. The molecule has 0 radical (unpaired) electrons. The molecule has 1 aromatic rings. The van der Waals surface area contributed by atoms with Crippen LogP contribution in [0.15, 0.2) is 69.5 Å². The van der Waals surface area contributed by atoms with Crippen molar-refractivity contribution in [1.29, 1.82) is 0 Å². The van der Waals surface area contributed by atoms with Crippen LogP contribution in [0.4, 0.5) is 0 Å². The van der Waals surface area contributed by atoms with Gasteiger partial charge in [0.1, 0.15) is 0 Å². The number of benzene rings is 1. The van der Waals surface area contributed by atoms with Crippen molar-refractivity contribution >= 4 is 9.84 Å². The minimum absolute atomic E-state index is 0.342. The molecule has 0 saturated heterocycles. The number of sulfone groups is 1. The molecule has 1 rings (SSSR count). The SMILES string of the molecule is CC(C)=CCC/C(C)=C/C=C(\C)S(=O)(=O)c1ccccc1. The van der Waals surface area contributed by atoms with Gasteiger partial charge in [0.15, 0.2) is 0 Å². The van der Waals surface area contributed by atoms with E-state index >= 15 is 0 Å². The van der Waals surface area contributed by atoms with Crippen LogP contribution in [-0.2, 0) is 9.84 Å². The van der Waals surface area contributed by atoms with E-state index in [0.717, 1.165) is 12.8 Å². The van der Waals surface area contributed by atoms with Crippen molar-refractivity contribution in [2.45, 2.75) is 45.4 Å². The molecule has 0 aliphatic carbocycles. The first kappa shape index (κ1) is 17.4. The summed E-state index contributed by atoms with van der Waals surface area (Å²) in [6.45, 7) is 7.82. The molecule has 0 aromatic heterocycles. The molecule has 0 unspecified atom stereocenters. The van der Waals surface area contributed by atoms with Crippen molar-refractivity contribution in [1.82, 2.24) is 0 Å². The Labute approximate surface area is 128 Å². The van der Waals surface area contributed by atoms with Crippen LogP contribution in [-0.4, -0.2) is 8.42 Å². The van der Waals surface area contributed by atoms with E-state index in [4.69, 9.17) is 0 Å². The van der Waals surface area contributed by atoms with Crippen LogP contribution in [0.25, 0.3) is 0 Å². The topological polar surface area (TPSA) is 34.1 Å².